The fraction of sp³-hybridized carbons (Fsp3) is 0.688. The molecule has 0 aliphatic heterocycles. The van der Waals surface area contributed by atoms with Crippen molar-refractivity contribution >= 4 is 17.9 Å². The first kappa shape index (κ1) is 21.1. The van der Waals surface area contributed by atoms with Crippen molar-refractivity contribution in [3.63, 3.8) is 0 Å². The summed E-state index contributed by atoms with van der Waals surface area (Å²) in [7, 11) is 0. The zero-order valence-corrected chi connectivity index (χ0v) is 13.8. The molecule has 0 fully saturated rings. The van der Waals surface area contributed by atoms with Gasteiger partial charge in [0, 0.05) is 12.2 Å². The highest BCUT2D eigenvalue weighted by Crippen LogP contribution is 2.31. The molecular weight excluding hydrogens is 304 g/mol. The Kier molecular flexibility index (Phi) is 9.89. The lowest BCUT2D eigenvalue weighted by molar-refractivity contribution is -0.157. The minimum atomic E-state index is -1.90. The smallest absolute Gasteiger partial charge is 0.332 e. The average Bonchev–Trinajstić information content (AvgIpc) is 2.48. The van der Waals surface area contributed by atoms with Crippen LogP contribution in [-0.4, -0.2) is 47.9 Å². The summed E-state index contributed by atoms with van der Waals surface area (Å²) in [6.45, 7) is 7.29. The standard InChI is InChI=1S/C16H26O7/c1-4-5-6-7-8-22-9-10-23-13(17)11-16(3,15(20)21)12(2)14(18)19/h2,4-11H2,1,3H3,(H,18,19)(H,20,21). The second-order valence-electron chi connectivity index (χ2n) is 5.49. The predicted octanol–water partition coefficient (Wildman–Crippen LogP) is 2.25. The maximum absolute atomic E-state index is 11.7. The number of esters is 1. The van der Waals surface area contributed by atoms with Crippen molar-refractivity contribution < 1.29 is 34.1 Å². The second-order valence-corrected chi connectivity index (χ2v) is 5.49. The molecule has 0 aromatic heterocycles. The Hall–Kier alpha value is -1.89. The fourth-order valence-corrected chi connectivity index (χ4v) is 1.83. The molecule has 23 heavy (non-hydrogen) atoms. The van der Waals surface area contributed by atoms with Crippen LogP contribution in [0, 0.1) is 5.41 Å². The molecule has 0 aliphatic rings. The quantitative estimate of drug-likeness (QED) is 0.303. The van der Waals surface area contributed by atoms with Crippen molar-refractivity contribution in [1.82, 2.24) is 0 Å². The van der Waals surface area contributed by atoms with Crippen LogP contribution in [0.15, 0.2) is 12.2 Å². The first-order valence-electron chi connectivity index (χ1n) is 7.65. The van der Waals surface area contributed by atoms with Gasteiger partial charge >= 0.3 is 17.9 Å². The monoisotopic (exact) mass is 330 g/mol. The van der Waals surface area contributed by atoms with Crippen LogP contribution in [0.3, 0.4) is 0 Å². The molecule has 0 aromatic carbocycles. The topological polar surface area (TPSA) is 110 Å². The van der Waals surface area contributed by atoms with Gasteiger partial charge in [0.15, 0.2) is 0 Å². The van der Waals surface area contributed by atoms with Crippen molar-refractivity contribution in [2.24, 2.45) is 5.41 Å². The van der Waals surface area contributed by atoms with Gasteiger partial charge < -0.3 is 19.7 Å². The molecule has 1 unspecified atom stereocenters. The third-order valence-electron chi connectivity index (χ3n) is 3.53. The molecule has 0 heterocycles. The first-order chi connectivity index (χ1) is 10.8. The molecule has 0 saturated heterocycles. The van der Waals surface area contributed by atoms with E-state index in [0.29, 0.717) is 6.61 Å². The van der Waals surface area contributed by atoms with E-state index in [9.17, 15) is 14.4 Å². The zero-order chi connectivity index (χ0) is 17.9. The Bertz CT molecular complexity index is 430. The van der Waals surface area contributed by atoms with Gasteiger partial charge in [-0.25, -0.2) is 4.79 Å². The highest BCUT2D eigenvalue weighted by molar-refractivity contribution is 5.97. The minimum Gasteiger partial charge on any atom is -0.481 e. The molecule has 0 bridgehead atoms. The maximum Gasteiger partial charge on any atom is 0.332 e. The van der Waals surface area contributed by atoms with Crippen LogP contribution in [0.2, 0.25) is 0 Å². The van der Waals surface area contributed by atoms with E-state index in [4.69, 9.17) is 19.7 Å². The van der Waals surface area contributed by atoms with Gasteiger partial charge in [-0.1, -0.05) is 32.8 Å². The van der Waals surface area contributed by atoms with Crippen LogP contribution in [0.1, 0.15) is 46.0 Å². The van der Waals surface area contributed by atoms with Crippen molar-refractivity contribution in [3.8, 4) is 0 Å². The molecule has 132 valence electrons. The van der Waals surface area contributed by atoms with Gasteiger partial charge in [-0.15, -0.1) is 0 Å². The Balaban J connectivity index is 4.14. The number of carboxylic acid groups (broad SMARTS) is 2. The van der Waals surface area contributed by atoms with E-state index in [0.717, 1.165) is 32.6 Å². The summed E-state index contributed by atoms with van der Waals surface area (Å²) in [4.78, 5) is 33.8. The largest absolute Gasteiger partial charge is 0.481 e. The number of hydrogen-bond acceptors (Lipinski definition) is 5. The molecule has 0 radical (unpaired) electrons. The van der Waals surface area contributed by atoms with Crippen LogP contribution in [0.5, 0.6) is 0 Å². The molecule has 7 heteroatoms. The molecule has 1 atom stereocenters. The SMILES string of the molecule is C=C(C(=O)O)C(C)(CC(=O)OCCOCCCCCC)C(=O)O. The maximum atomic E-state index is 11.7. The van der Waals surface area contributed by atoms with Gasteiger partial charge in [0.1, 0.15) is 12.0 Å². The van der Waals surface area contributed by atoms with Crippen LogP contribution >= 0.6 is 0 Å². The molecule has 7 nitrogen and oxygen atoms in total. The van der Waals surface area contributed by atoms with E-state index in [1.54, 1.807) is 0 Å². The number of hydrogen-bond donors (Lipinski definition) is 2. The van der Waals surface area contributed by atoms with E-state index in [-0.39, 0.29) is 13.2 Å². The van der Waals surface area contributed by atoms with E-state index in [2.05, 4.69) is 13.5 Å². The van der Waals surface area contributed by atoms with Gasteiger partial charge in [-0.05, 0) is 13.3 Å². The number of carbonyl (C=O) groups excluding carboxylic acids is 1. The summed E-state index contributed by atoms with van der Waals surface area (Å²) in [5.41, 5.74) is -2.46. The summed E-state index contributed by atoms with van der Waals surface area (Å²) < 4.78 is 10.2. The predicted molar refractivity (Wildman–Crippen MR) is 83.1 cm³/mol. The molecule has 2 N–H and O–H groups in total. The Morgan fingerprint density at radius 3 is 2.22 bits per heavy atom. The fourth-order valence-electron chi connectivity index (χ4n) is 1.83. The van der Waals surface area contributed by atoms with Crippen molar-refractivity contribution in [3.05, 3.63) is 12.2 Å². The Morgan fingerprint density at radius 2 is 1.70 bits per heavy atom. The lowest BCUT2D eigenvalue weighted by atomic mass is 9.80. The summed E-state index contributed by atoms with van der Waals surface area (Å²) in [5, 5.41) is 18.0. The zero-order valence-electron chi connectivity index (χ0n) is 13.8. The van der Waals surface area contributed by atoms with Gasteiger partial charge in [0.2, 0.25) is 0 Å². The lowest BCUT2D eigenvalue weighted by Gasteiger charge is -2.23. The number of carbonyl (C=O) groups is 3. The van der Waals surface area contributed by atoms with Crippen LogP contribution in [0.4, 0.5) is 0 Å². The Labute approximate surface area is 136 Å². The van der Waals surface area contributed by atoms with Crippen molar-refractivity contribution in [2.75, 3.05) is 19.8 Å². The number of rotatable bonds is 13. The lowest BCUT2D eigenvalue weighted by Crippen LogP contribution is -2.35. The first-order valence-corrected chi connectivity index (χ1v) is 7.65. The summed E-state index contributed by atoms with van der Waals surface area (Å²) in [6, 6.07) is 0. The van der Waals surface area contributed by atoms with E-state index >= 15 is 0 Å². The molecule has 0 amide bonds. The number of carboxylic acids is 2. The van der Waals surface area contributed by atoms with E-state index in [1.165, 1.54) is 0 Å². The van der Waals surface area contributed by atoms with Gasteiger partial charge in [-0.2, -0.15) is 0 Å². The van der Waals surface area contributed by atoms with Crippen LogP contribution in [-0.2, 0) is 23.9 Å². The number of ether oxygens (including phenoxy) is 2. The third kappa shape index (κ3) is 7.78. The molecule has 0 rings (SSSR count). The number of unbranched alkanes of at least 4 members (excludes halogenated alkanes) is 3. The number of aliphatic carboxylic acids is 2. The van der Waals surface area contributed by atoms with Gasteiger partial charge in [0.25, 0.3) is 0 Å². The molecular formula is C16H26O7. The van der Waals surface area contributed by atoms with Crippen LogP contribution in [0.25, 0.3) is 0 Å². The molecule has 0 spiro atoms. The van der Waals surface area contributed by atoms with Crippen molar-refractivity contribution in [2.45, 2.75) is 46.0 Å². The normalized spacial score (nSPS) is 13.1. The minimum absolute atomic E-state index is 0.00184. The van der Waals surface area contributed by atoms with Crippen LogP contribution < -0.4 is 0 Å². The molecule has 0 saturated carbocycles. The molecule has 0 aromatic rings. The molecule has 0 aliphatic carbocycles. The average molecular weight is 330 g/mol. The van der Waals surface area contributed by atoms with Gasteiger partial charge in [0.05, 0.1) is 13.0 Å². The third-order valence-corrected chi connectivity index (χ3v) is 3.53. The highest BCUT2D eigenvalue weighted by Gasteiger charge is 2.42. The highest BCUT2D eigenvalue weighted by atomic mass is 16.6. The van der Waals surface area contributed by atoms with E-state index < -0.39 is 35.3 Å². The Morgan fingerprint density at radius 1 is 1.04 bits per heavy atom. The summed E-state index contributed by atoms with van der Waals surface area (Å²) in [6.07, 6.45) is 3.73. The summed E-state index contributed by atoms with van der Waals surface area (Å²) in [5.74, 6) is -3.70. The van der Waals surface area contributed by atoms with E-state index in [1.807, 2.05) is 0 Å². The van der Waals surface area contributed by atoms with Gasteiger partial charge in [-0.3, -0.25) is 9.59 Å². The second kappa shape index (κ2) is 10.8. The summed E-state index contributed by atoms with van der Waals surface area (Å²) >= 11 is 0. The van der Waals surface area contributed by atoms with Crippen molar-refractivity contribution in [1.29, 1.82) is 0 Å².